The van der Waals surface area contributed by atoms with Crippen LogP contribution in [0.2, 0.25) is 0 Å². The van der Waals surface area contributed by atoms with Crippen LogP contribution in [0.3, 0.4) is 0 Å². The molecule has 1 aromatic carbocycles. The summed E-state index contributed by atoms with van der Waals surface area (Å²) >= 11 is 0. The second-order valence-corrected chi connectivity index (χ2v) is 9.18. The van der Waals surface area contributed by atoms with Gasteiger partial charge in [0.15, 0.2) is 9.84 Å². The lowest BCUT2D eigenvalue weighted by atomic mass is 10.1. The van der Waals surface area contributed by atoms with Gasteiger partial charge >= 0.3 is 0 Å². The number of aromatic nitrogens is 2. The van der Waals surface area contributed by atoms with E-state index >= 15 is 0 Å². The molecule has 0 radical (unpaired) electrons. The molecule has 0 aliphatic carbocycles. The lowest BCUT2D eigenvalue weighted by molar-refractivity contribution is -0.120. The van der Waals surface area contributed by atoms with E-state index < -0.39 is 9.84 Å². The summed E-state index contributed by atoms with van der Waals surface area (Å²) in [5.41, 5.74) is 3.46. The van der Waals surface area contributed by atoms with Crippen LogP contribution in [-0.2, 0) is 27.6 Å². The van der Waals surface area contributed by atoms with Gasteiger partial charge < -0.3 is 10.1 Å². The summed E-state index contributed by atoms with van der Waals surface area (Å²) in [7, 11) is -1.37. The Morgan fingerprint density at radius 3 is 2.81 bits per heavy atom. The molecule has 1 N–H and O–H groups in total. The molecule has 1 aliphatic rings. The van der Waals surface area contributed by atoms with Crippen LogP contribution in [0.25, 0.3) is 0 Å². The topological polar surface area (TPSA) is 90.3 Å². The molecule has 7 nitrogen and oxygen atoms in total. The molecular weight excluding hydrogens is 366 g/mol. The molecule has 146 valence electrons. The van der Waals surface area contributed by atoms with Gasteiger partial charge in [-0.15, -0.1) is 0 Å². The number of hydrogen-bond acceptors (Lipinski definition) is 5. The molecule has 1 fully saturated rings. The summed E-state index contributed by atoms with van der Waals surface area (Å²) in [4.78, 5) is 12.4. The van der Waals surface area contributed by atoms with Crippen molar-refractivity contribution in [2.45, 2.75) is 39.3 Å². The highest BCUT2D eigenvalue weighted by Gasteiger charge is 2.31. The minimum atomic E-state index is -2.98. The molecule has 2 aromatic rings. The molecule has 1 atom stereocenters. The van der Waals surface area contributed by atoms with Crippen molar-refractivity contribution < 1.29 is 17.9 Å². The fourth-order valence-electron chi connectivity index (χ4n) is 3.48. The second-order valence-electron chi connectivity index (χ2n) is 6.96. The summed E-state index contributed by atoms with van der Waals surface area (Å²) in [5.74, 6) is 0.979. The van der Waals surface area contributed by atoms with Crippen molar-refractivity contribution >= 4 is 15.7 Å². The summed E-state index contributed by atoms with van der Waals surface area (Å²) in [6, 6.07) is 7.42. The predicted molar refractivity (Wildman–Crippen MR) is 103 cm³/mol. The highest BCUT2D eigenvalue weighted by atomic mass is 32.2. The highest BCUT2D eigenvalue weighted by Crippen LogP contribution is 2.27. The maximum atomic E-state index is 12.4. The minimum Gasteiger partial charge on any atom is -0.497 e. The number of ether oxygens (including phenoxy) is 1. The number of aryl methyl sites for hydroxylation is 1. The minimum absolute atomic E-state index is 0.0948. The second kappa shape index (κ2) is 7.72. The van der Waals surface area contributed by atoms with Crippen molar-refractivity contribution in [2.24, 2.45) is 0 Å². The number of carbonyl (C=O) groups excluding carboxylic acids is 1. The number of rotatable bonds is 6. The molecule has 0 spiro atoms. The molecule has 0 saturated carbocycles. The van der Waals surface area contributed by atoms with Crippen LogP contribution in [0.15, 0.2) is 24.3 Å². The quantitative estimate of drug-likeness (QED) is 0.810. The third kappa shape index (κ3) is 4.50. The molecule has 1 amide bonds. The Labute approximate surface area is 159 Å². The van der Waals surface area contributed by atoms with Gasteiger partial charge in [-0.3, -0.25) is 9.48 Å². The van der Waals surface area contributed by atoms with E-state index in [1.165, 1.54) is 0 Å². The van der Waals surface area contributed by atoms with Crippen LogP contribution in [0.5, 0.6) is 5.75 Å². The summed E-state index contributed by atoms with van der Waals surface area (Å²) in [6.45, 7) is 4.18. The fourth-order valence-corrected chi connectivity index (χ4v) is 5.17. The van der Waals surface area contributed by atoms with Crippen molar-refractivity contribution in [3.63, 3.8) is 0 Å². The van der Waals surface area contributed by atoms with Crippen molar-refractivity contribution in [3.05, 3.63) is 46.8 Å². The Balaban J connectivity index is 1.66. The monoisotopic (exact) mass is 391 g/mol. The van der Waals surface area contributed by atoms with Crippen LogP contribution in [-0.4, -0.2) is 42.7 Å². The van der Waals surface area contributed by atoms with Gasteiger partial charge in [0.2, 0.25) is 5.91 Å². The third-order valence-electron chi connectivity index (χ3n) is 4.99. The molecular formula is C19H25N3O4S. The molecule has 1 aliphatic heterocycles. The van der Waals surface area contributed by atoms with Crippen LogP contribution in [0.1, 0.15) is 35.0 Å². The Hall–Kier alpha value is -2.35. The average molecular weight is 391 g/mol. The van der Waals surface area contributed by atoms with Gasteiger partial charge in [0.1, 0.15) is 5.75 Å². The average Bonchev–Trinajstić information content (AvgIpc) is 3.13. The number of benzene rings is 1. The first kappa shape index (κ1) is 19.4. The van der Waals surface area contributed by atoms with E-state index in [9.17, 15) is 13.2 Å². The third-order valence-corrected chi connectivity index (χ3v) is 6.74. The number of nitrogens with one attached hydrogen (secondary N) is 1. The molecule has 1 unspecified atom stereocenters. The van der Waals surface area contributed by atoms with E-state index in [0.717, 1.165) is 28.3 Å². The number of sulfone groups is 1. The van der Waals surface area contributed by atoms with Crippen LogP contribution >= 0.6 is 0 Å². The van der Waals surface area contributed by atoms with Gasteiger partial charge in [0.05, 0.1) is 36.8 Å². The Morgan fingerprint density at radius 1 is 1.37 bits per heavy atom. The van der Waals surface area contributed by atoms with Crippen molar-refractivity contribution in [2.75, 3.05) is 18.6 Å². The summed E-state index contributed by atoms with van der Waals surface area (Å²) < 4.78 is 30.5. The zero-order valence-corrected chi connectivity index (χ0v) is 16.7. The van der Waals surface area contributed by atoms with E-state index in [1.54, 1.807) is 11.8 Å². The van der Waals surface area contributed by atoms with Gasteiger partial charge in [0, 0.05) is 17.8 Å². The first-order valence-electron chi connectivity index (χ1n) is 8.93. The zero-order valence-electron chi connectivity index (χ0n) is 15.9. The van der Waals surface area contributed by atoms with Gasteiger partial charge in [-0.2, -0.15) is 5.10 Å². The Morgan fingerprint density at radius 2 is 2.15 bits per heavy atom. The molecule has 2 heterocycles. The molecule has 0 bridgehead atoms. The van der Waals surface area contributed by atoms with Crippen LogP contribution in [0.4, 0.5) is 0 Å². The number of amides is 1. The van der Waals surface area contributed by atoms with Crippen molar-refractivity contribution in [1.82, 2.24) is 15.1 Å². The van der Waals surface area contributed by atoms with Crippen LogP contribution < -0.4 is 10.1 Å². The number of carbonyl (C=O) groups is 1. The fraction of sp³-hybridized carbons (Fsp3) is 0.474. The first-order chi connectivity index (χ1) is 12.8. The largest absolute Gasteiger partial charge is 0.497 e. The van der Waals surface area contributed by atoms with Crippen LogP contribution in [0, 0.1) is 13.8 Å². The van der Waals surface area contributed by atoms with Gasteiger partial charge in [-0.25, -0.2) is 8.42 Å². The van der Waals surface area contributed by atoms with E-state index in [4.69, 9.17) is 4.74 Å². The molecule has 1 aromatic heterocycles. The number of methoxy groups -OCH3 is 1. The van der Waals surface area contributed by atoms with Crippen molar-refractivity contribution in [3.8, 4) is 5.75 Å². The van der Waals surface area contributed by atoms with E-state index in [2.05, 4.69) is 10.4 Å². The van der Waals surface area contributed by atoms with Crippen molar-refractivity contribution in [1.29, 1.82) is 0 Å². The normalized spacial score (nSPS) is 18.4. The highest BCUT2D eigenvalue weighted by molar-refractivity contribution is 7.91. The van der Waals surface area contributed by atoms with E-state index in [0.29, 0.717) is 13.0 Å². The van der Waals surface area contributed by atoms with E-state index in [1.807, 2.05) is 38.1 Å². The lowest BCUT2D eigenvalue weighted by Gasteiger charge is -2.11. The number of nitrogens with zero attached hydrogens (tertiary/aromatic N) is 2. The van der Waals surface area contributed by atoms with Gasteiger partial charge in [-0.05, 0) is 38.0 Å². The number of hydrogen-bond donors (Lipinski definition) is 1. The molecule has 8 heteroatoms. The van der Waals surface area contributed by atoms with Gasteiger partial charge in [0.25, 0.3) is 0 Å². The zero-order chi connectivity index (χ0) is 19.6. The predicted octanol–water partition coefficient (Wildman–Crippen LogP) is 1.73. The smallest absolute Gasteiger partial charge is 0.224 e. The SMILES string of the molecule is COc1cccc(CNC(=O)Cc2c(C)nn(C3CCS(=O)(=O)C3)c2C)c1. The maximum Gasteiger partial charge on any atom is 0.224 e. The van der Waals surface area contributed by atoms with E-state index in [-0.39, 0.29) is 29.9 Å². The lowest BCUT2D eigenvalue weighted by Crippen LogP contribution is -2.25. The Bertz CT molecular complexity index is 950. The molecule has 1 saturated heterocycles. The summed E-state index contributed by atoms with van der Waals surface area (Å²) in [6.07, 6.45) is 0.798. The molecule has 3 rings (SSSR count). The standard InChI is InChI=1S/C19H25N3O4S/c1-13-18(14(2)22(21-13)16-7-8-27(24,25)12-16)10-19(23)20-11-15-5-4-6-17(9-15)26-3/h4-6,9,16H,7-8,10-12H2,1-3H3,(H,20,23). The van der Waals surface area contributed by atoms with Gasteiger partial charge in [-0.1, -0.05) is 12.1 Å². The Kier molecular flexibility index (Phi) is 5.55. The summed E-state index contributed by atoms with van der Waals surface area (Å²) in [5, 5.41) is 7.43. The maximum absolute atomic E-state index is 12.4. The first-order valence-corrected chi connectivity index (χ1v) is 10.8. The molecule has 27 heavy (non-hydrogen) atoms.